The maximum absolute atomic E-state index is 12.5. The van der Waals surface area contributed by atoms with Gasteiger partial charge in [-0.25, -0.2) is 4.99 Å². The maximum atomic E-state index is 12.5. The normalized spacial score (nSPS) is 15.3. The van der Waals surface area contributed by atoms with Crippen LogP contribution in [0.4, 0.5) is 5.69 Å². The van der Waals surface area contributed by atoms with Gasteiger partial charge in [0.05, 0.1) is 31.0 Å². The van der Waals surface area contributed by atoms with E-state index in [9.17, 15) is 4.79 Å². The van der Waals surface area contributed by atoms with E-state index in [1.54, 1.807) is 28.3 Å². The minimum atomic E-state index is 0. The van der Waals surface area contributed by atoms with Crippen molar-refractivity contribution in [2.45, 2.75) is 13.5 Å². The zero-order valence-electron chi connectivity index (χ0n) is 14.4. The fourth-order valence-electron chi connectivity index (χ4n) is 2.65. The van der Waals surface area contributed by atoms with Crippen molar-refractivity contribution >= 4 is 41.5 Å². The molecule has 1 N–H and O–H groups in total. The standard InChI is InChI=1S/C16H22N6O2.HI/c1-3-17-16(18-8-13-4-7-24-12-13)21-5-6-22(15(23)11-21)14-9-19-20(2)10-14;/h4,7,9-10,12H,3,5-6,8,11H2,1-2H3,(H,17,18);1H. The highest BCUT2D eigenvalue weighted by atomic mass is 127. The van der Waals surface area contributed by atoms with Crippen molar-refractivity contribution in [3.05, 3.63) is 36.5 Å². The second kappa shape index (κ2) is 8.88. The predicted molar refractivity (Wildman–Crippen MR) is 106 cm³/mol. The van der Waals surface area contributed by atoms with E-state index in [4.69, 9.17) is 4.42 Å². The molecule has 0 bridgehead atoms. The molecule has 0 saturated carbocycles. The number of aromatic nitrogens is 2. The van der Waals surface area contributed by atoms with Gasteiger partial charge in [-0.1, -0.05) is 0 Å². The molecule has 1 aliphatic rings. The van der Waals surface area contributed by atoms with Gasteiger partial charge >= 0.3 is 0 Å². The van der Waals surface area contributed by atoms with E-state index in [1.165, 1.54) is 0 Å². The fraction of sp³-hybridized carbons (Fsp3) is 0.438. The number of hydrogen-bond donors (Lipinski definition) is 1. The number of guanidine groups is 1. The quantitative estimate of drug-likeness (QED) is 0.427. The average Bonchev–Trinajstić information content (AvgIpc) is 3.23. The van der Waals surface area contributed by atoms with Crippen LogP contribution in [-0.2, 0) is 18.4 Å². The van der Waals surface area contributed by atoms with Gasteiger partial charge < -0.3 is 19.5 Å². The summed E-state index contributed by atoms with van der Waals surface area (Å²) in [7, 11) is 1.84. The molecular formula is C16H23IN6O2. The predicted octanol–water partition coefficient (Wildman–Crippen LogP) is 1.45. The summed E-state index contributed by atoms with van der Waals surface area (Å²) in [6, 6.07) is 1.89. The molecule has 1 aliphatic heterocycles. The van der Waals surface area contributed by atoms with Gasteiger partial charge in [0.25, 0.3) is 0 Å². The molecule has 0 atom stereocenters. The van der Waals surface area contributed by atoms with E-state index in [1.807, 2.05) is 31.1 Å². The maximum Gasteiger partial charge on any atom is 0.246 e. The van der Waals surface area contributed by atoms with Gasteiger partial charge in [-0.2, -0.15) is 5.10 Å². The van der Waals surface area contributed by atoms with Crippen molar-refractivity contribution in [3.63, 3.8) is 0 Å². The molecule has 9 heteroatoms. The van der Waals surface area contributed by atoms with E-state index in [-0.39, 0.29) is 29.9 Å². The second-order valence-electron chi connectivity index (χ2n) is 5.64. The van der Waals surface area contributed by atoms with Crippen molar-refractivity contribution in [2.75, 3.05) is 31.1 Å². The van der Waals surface area contributed by atoms with Gasteiger partial charge in [0.2, 0.25) is 5.91 Å². The molecule has 25 heavy (non-hydrogen) atoms. The lowest BCUT2D eigenvalue weighted by molar-refractivity contribution is -0.120. The first-order chi connectivity index (χ1) is 11.7. The number of hydrogen-bond acceptors (Lipinski definition) is 4. The molecule has 1 saturated heterocycles. The van der Waals surface area contributed by atoms with Crippen LogP contribution in [0.1, 0.15) is 12.5 Å². The lowest BCUT2D eigenvalue weighted by Crippen LogP contribution is -2.55. The fourth-order valence-corrected chi connectivity index (χ4v) is 2.65. The number of carbonyl (C=O) groups is 1. The van der Waals surface area contributed by atoms with Crippen LogP contribution >= 0.6 is 24.0 Å². The Bertz CT molecular complexity index is 712. The Morgan fingerprint density at radius 1 is 1.44 bits per heavy atom. The summed E-state index contributed by atoms with van der Waals surface area (Å²) in [4.78, 5) is 20.9. The van der Waals surface area contributed by atoms with E-state index >= 15 is 0 Å². The van der Waals surface area contributed by atoms with Crippen molar-refractivity contribution in [1.82, 2.24) is 20.0 Å². The number of aryl methyl sites for hydroxylation is 1. The van der Waals surface area contributed by atoms with Gasteiger partial charge in [0, 0.05) is 38.4 Å². The smallest absolute Gasteiger partial charge is 0.246 e. The van der Waals surface area contributed by atoms with E-state index in [0.717, 1.165) is 30.3 Å². The third-order valence-electron chi connectivity index (χ3n) is 3.85. The Labute approximate surface area is 163 Å². The Morgan fingerprint density at radius 3 is 2.88 bits per heavy atom. The third-order valence-corrected chi connectivity index (χ3v) is 3.85. The summed E-state index contributed by atoms with van der Waals surface area (Å²) in [6.07, 6.45) is 6.88. The number of carbonyl (C=O) groups excluding carboxylic acids is 1. The number of nitrogens with zero attached hydrogens (tertiary/aromatic N) is 5. The first kappa shape index (κ1) is 19.3. The van der Waals surface area contributed by atoms with Gasteiger partial charge in [-0.3, -0.25) is 9.48 Å². The summed E-state index contributed by atoms with van der Waals surface area (Å²) in [5.41, 5.74) is 1.84. The van der Waals surface area contributed by atoms with Crippen molar-refractivity contribution in [2.24, 2.45) is 12.0 Å². The minimum Gasteiger partial charge on any atom is -0.472 e. The Kier molecular flexibility index (Phi) is 6.85. The summed E-state index contributed by atoms with van der Waals surface area (Å²) in [6.45, 7) is 4.92. The molecule has 136 valence electrons. The number of amides is 1. The molecule has 8 nitrogen and oxygen atoms in total. The van der Waals surface area contributed by atoms with Crippen molar-refractivity contribution in [3.8, 4) is 0 Å². The van der Waals surface area contributed by atoms with Gasteiger partial charge in [0.15, 0.2) is 5.96 Å². The second-order valence-corrected chi connectivity index (χ2v) is 5.64. The SMILES string of the molecule is CCNC(=NCc1ccoc1)N1CCN(c2cnn(C)c2)C(=O)C1.I. The molecule has 1 amide bonds. The lowest BCUT2D eigenvalue weighted by Gasteiger charge is -2.35. The molecule has 0 aliphatic carbocycles. The van der Waals surface area contributed by atoms with E-state index in [0.29, 0.717) is 19.6 Å². The highest BCUT2D eigenvalue weighted by molar-refractivity contribution is 14.0. The molecule has 0 radical (unpaired) electrons. The number of halogens is 1. The zero-order valence-corrected chi connectivity index (χ0v) is 16.7. The Balaban J connectivity index is 0.00000225. The number of nitrogens with one attached hydrogen (secondary N) is 1. The molecule has 0 spiro atoms. The summed E-state index contributed by atoms with van der Waals surface area (Å²) in [5.74, 6) is 0.793. The highest BCUT2D eigenvalue weighted by Crippen LogP contribution is 2.16. The van der Waals surface area contributed by atoms with Crippen molar-refractivity contribution < 1.29 is 9.21 Å². The molecule has 2 aromatic heterocycles. The average molecular weight is 458 g/mol. The van der Waals surface area contributed by atoms with Crippen LogP contribution in [0.25, 0.3) is 0 Å². The first-order valence-corrected chi connectivity index (χ1v) is 8.00. The monoisotopic (exact) mass is 458 g/mol. The number of anilines is 1. The summed E-state index contributed by atoms with van der Waals surface area (Å²) in [5, 5.41) is 7.38. The molecule has 3 rings (SSSR count). The van der Waals surface area contributed by atoms with Crippen LogP contribution in [0.15, 0.2) is 40.4 Å². The zero-order chi connectivity index (χ0) is 16.9. The van der Waals surface area contributed by atoms with Crippen LogP contribution in [0, 0.1) is 0 Å². The van der Waals surface area contributed by atoms with Crippen LogP contribution in [0.5, 0.6) is 0 Å². The molecule has 3 heterocycles. The van der Waals surface area contributed by atoms with Crippen LogP contribution < -0.4 is 10.2 Å². The lowest BCUT2D eigenvalue weighted by atomic mass is 10.3. The van der Waals surface area contributed by atoms with E-state index < -0.39 is 0 Å². The topological polar surface area (TPSA) is 78.9 Å². The van der Waals surface area contributed by atoms with Gasteiger partial charge in [-0.15, -0.1) is 24.0 Å². The number of piperazine rings is 1. The third kappa shape index (κ3) is 4.74. The van der Waals surface area contributed by atoms with E-state index in [2.05, 4.69) is 15.4 Å². The minimum absolute atomic E-state index is 0. The van der Waals surface area contributed by atoms with Crippen molar-refractivity contribution in [1.29, 1.82) is 0 Å². The number of furan rings is 1. The summed E-state index contributed by atoms with van der Waals surface area (Å²) < 4.78 is 6.76. The molecular weight excluding hydrogens is 435 g/mol. The summed E-state index contributed by atoms with van der Waals surface area (Å²) >= 11 is 0. The van der Waals surface area contributed by atoms with Gasteiger partial charge in [-0.05, 0) is 13.0 Å². The van der Waals surface area contributed by atoms with Crippen LogP contribution in [0.2, 0.25) is 0 Å². The first-order valence-electron chi connectivity index (χ1n) is 8.00. The molecule has 0 unspecified atom stereocenters. The molecule has 2 aromatic rings. The molecule has 1 fully saturated rings. The number of aliphatic imine (C=N–C) groups is 1. The Morgan fingerprint density at radius 2 is 2.28 bits per heavy atom. The largest absolute Gasteiger partial charge is 0.472 e. The Hall–Kier alpha value is -2.04. The van der Waals surface area contributed by atoms with Gasteiger partial charge in [0.1, 0.15) is 6.54 Å². The highest BCUT2D eigenvalue weighted by Gasteiger charge is 2.27. The van der Waals surface area contributed by atoms with Crippen LogP contribution in [-0.4, -0.2) is 52.7 Å². The molecule has 0 aromatic carbocycles. The van der Waals surface area contributed by atoms with Crippen LogP contribution in [0.3, 0.4) is 0 Å². The number of rotatable bonds is 4.